The molecule has 0 heterocycles. The highest BCUT2D eigenvalue weighted by molar-refractivity contribution is 9.10. The molecule has 0 saturated heterocycles. The summed E-state index contributed by atoms with van der Waals surface area (Å²) in [5, 5.41) is 0. The summed E-state index contributed by atoms with van der Waals surface area (Å²) in [4.78, 5) is 10.9. The van der Waals surface area contributed by atoms with Gasteiger partial charge in [0.15, 0.2) is 17.7 Å². The normalized spacial score (nSPS) is 12.2. The van der Waals surface area contributed by atoms with Gasteiger partial charge in [0.25, 0.3) is 5.91 Å². The molecule has 0 aliphatic rings. The van der Waals surface area contributed by atoms with Gasteiger partial charge < -0.3 is 10.5 Å². The molecule has 0 aliphatic heterocycles. The molecule has 82 valence electrons. The molecule has 0 saturated carbocycles. The van der Waals surface area contributed by atoms with Crippen LogP contribution in [0.3, 0.4) is 0 Å². The van der Waals surface area contributed by atoms with E-state index in [2.05, 4.69) is 15.9 Å². The summed E-state index contributed by atoms with van der Waals surface area (Å²) in [7, 11) is 0. The Hall–Kier alpha value is -1.10. The number of carbonyl (C=O) groups excluding carboxylic acids is 1. The van der Waals surface area contributed by atoms with Crippen molar-refractivity contribution in [3.63, 3.8) is 0 Å². The second-order valence-corrected chi connectivity index (χ2v) is 3.91. The molecule has 2 N–H and O–H groups in total. The number of benzene rings is 1. The van der Waals surface area contributed by atoms with Crippen LogP contribution in [-0.4, -0.2) is 12.0 Å². The molecule has 0 radical (unpaired) electrons. The Labute approximate surface area is 95.5 Å². The van der Waals surface area contributed by atoms with E-state index in [1.165, 1.54) is 12.1 Å². The fraction of sp³-hybridized carbons (Fsp3) is 0.300. The molecule has 15 heavy (non-hydrogen) atoms. The second-order valence-electron chi connectivity index (χ2n) is 2.99. The fourth-order valence-electron chi connectivity index (χ4n) is 1.06. The summed E-state index contributed by atoms with van der Waals surface area (Å²) in [6, 6.07) is 4.27. The van der Waals surface area contributed by atoms with E-state index in [1.54, 1.807) is 13.0 Å². The van der Waals surface area contributed by atoms with Gasteiger partial charge in [0.2, 0.25) is 0 Å². The third-order valence-electron chi connectivity index (χ3n) is 1.85. The first-order valence-corrected chi connectivity index (χ1v) is 5.25. The van der Waals surface area contributed by atoms with Crippen molar-refractivity contribution >= 4 is 21.8 Å². The van der Waals surface area contributed by atoms with Crippen molar-refractivity contribution in [1.29, 1.82) is 0 Å². The zero-order chi connectivity index (χ0) is 11.4. The van der Waals surface area contributed by atoms with Gasteiger partial charge in [-0.25, -0.2) is 4.39 Å². The first-order valence-electron chi connectivity index (χ1n) is 4.45. The molecule has 0 bridgehead atoms. The largest absolute Gasteiger partial charge is 0.478 e. The molecule has 1 amide bonds. The Bertz CT molecular complexity index is 370. The molecule has 0 unspecified atom stereocenters. The topological polar surface area (TPSA) is 52.3 Å². The molecule has 3 nitrogen and oxygen atoms in total. The number of carbonyl (C=O) groups is 1. The van der Waals surface area contributed by atoms with Crippen LogP contribution in [0.4, 0.5) is 4.39 Å². The third-order valence-corrected chi connectivity index (χ3v) is 2.34. The van der Waals surface area contributed by atoms with Gasteiger partial charge in [-0.15, -0.1) is 0 Å². The Morgan fingerprint density at radius 1 is 1.67 bits per heavy atom. The Morgan fingerprint density at radius 3 is 2.87 bits per heavy atom. The third kappa shape index (κ3) is 3.20. The van der Waals surface area contributed by atoms with Crippen LogP contribution < -0.4 is 10.5 Å². The maximum atomic E-state index is 13.2. The van der Waals surface area contributed by atoms with Crippen molar-refractivity contribution in [2.45, 2.75) is 19.4 Å². The summed E-state index contributed by atoms with van der Waals surface area (Å²) < 4.78 is 19.1. The van der Waals surface area contributed by atoms with Crippen molar-refractivity contribution in [1.82, 2.24) is 0 Å². The predicted octanol–water partition coefficient (Wildman–Crippen LogP) is 2.23. The van der Waals surface area contributed by atoms with Gasteiger partial charge in [-0.05, 0) is 24.6 Å². The van der Waals surface area contributed by atoms with Crippen LogP contribution in [0.5, 0.6) is 5.75 Å². The average Bonchev–Trinajstić information content (AvgIpc) is 2.18. The molecule has 0 aromatic heterocycles. The van der Waals surface area contributed by atoms with Crippen molar-refractivity contribution in [3.8, 4) is 5.75 Å². The molecule has 0 fully saturated rings. The molecule has 0 spiro atoms. The molecular formula is C10H11BrFNO2. The van der Waals surface area contributed by atoms with E-state index in [4.69, 9.17) is 10.5 Å². The van der Waals surface area contributed by atoms with E-state index < -0.39 is 17.8 Å². The van der Waals surface area contributed by atoms with Crippen LogP contribution in [0.25, 0.3) is 0 Å². The van der Waals surface area contributed by atoms with E-state index in [0.717, 1.165) is 0 Å². The van der Waals surface area contributed by atoms with Gasteiger partial charge >= 0.3 is 0 Å². The zero-order valence-corrected chi connectivity index (χ0v) is 9.75. The lowest BCUT2D eigenvalue weighted by Gasteiger charge is -2.14. The summed E-state index contributed by atoms with van der Waals surface area (Å²) in [6.45, 7) is 1.74. The smallest absolute Gasteiger partial charge is 0.258 e. The number of rotatable bonds is 4. The Morgan fingerprint density at radius 2 is 2.33 bits per heavy atom. The SMILES string of the molecule is CC[C@H](Oc1cc(Br)ccc1F)C(N)=O. The van der Waals surface area contributed by atoms with Crippen LogP contribution >= 0.6 is 15.9 Å². The first-order chi connectivity index (χ1) is 7.04. The van der Waals surface area contributed by atoms with E-state index in [9.17, 15) is 9.18 Å². The first kappa shape index (κ1) is 12.0. The van der Waals surface area contributed by atoms with Crippen molar-refractivity contribution in [3.05, 3.63) is 28.5 Å². The van der Waals surface area contributed by atoms with Crippen LogP contribution in [0.1, 0.15) is 13.3 Å². The quantitative estimate of drug-likeness (QED) is 0.916. The molecule has 1 atom stereocenters. The number of hydrogen-bond donors (Lipinski definition) is 1. The number of hydrogen-bond acceptors (Lipinski definition) is 2. The molecule has 1 aromatic carbocycles. The van der Waals surface area contributed by atoms with Crippen LogP contribution in [0, 0.1) is 5.82 Å². The minimum absolute atomic E-state index is 0.0232. The van der Waals surface area contributed by atoms with Crippen LogP contribution in [0.2, 0.25) is 0 Å². The molecule has 1 rings (SSSR count). The number of ether oxygens (including phenoxy) is 1. The Kier molecular flexibility index (Phi) is 4.08. The number of primary amides is 1. The highest BCUT2D eigenvalue weighted by atomic mass is 79.9. The zero-order valence-electron chi connectivity index (χ0n) is 8.17. The second kappa shape index (κ2) is 5.11. The minimum Gasteiger partial charge on any atom is -0.478 e. The maximum absolute atomic E-state index is 13.2. The lowest BCUT2D eigenvalue weighted by Crippen LogP contribution is -2.33. The number of amides is 1. The predicted molar refractivity (Wildman–Crippen MR) is 58.0 cm³/mol. The van der Waals surface area contributed by atoms with Crippen molar-refractivity contribution in [2.75, 3.05) is 0 Å². The van der Waals surface area contributed by atoms with E-state index >= 15 is 0 Å². The summed E-state index contributed by atoms with van der Waals surface area (Å²) in [5.41, 5.74) is 5.09. The lowest BCUT2D eigenvalue weighted by molar-refractivity contribution is -0.124. The fourth-order valence-corrected chi connectivity index (χ4v) is 1.40. The van der Waals surface area contributed by atoms with Crippen LogP contribution in [0.15, 0.2) is 22.7 Å². The molecule has 0 aliphatic carbocycles. The minimum atomic E-state index is -0.797. The van der Waals surface area contributed by atoms with E-state index in [-0.39, 0.29) is 5.75 Å². The average molecular weight is 276 g/mol. The van der Waals surface area contributed by atoms with Gasteiger partial charge in [0.1, 0.15) is 0 Å². The number of nitrogens with two attached hydrogens (primary N) is 1. The Balaban J connectivity index is 2.87. The lowest BCUT2D eigenvalue weighted by atomic mass is 10.2. The standard InChI is InChI=1S/C10H11BrFNO2/c1-2-8(10(13)14)15-9-5-6(11)3-4-7(9)12/h3-5,8H,2H2,1H3,(H2,13,14)/t8-/m0/s1. The maximum Gasteiger partial charge on any atom is 0.258 e. The van der Waals surface area contributed by atoms with Crippen LogP contribution in [-0.2, 0) is 4.79 Å². The van der Waals surface area contributed by atoms with Gasteiger partial charge in [-0.3, -0.25) is 4.79 Å². The van der Waals surface area contributed by atoms with Gasteiger partial charge in [-0.2, -0.15) is 0 Å². The van der Waals surface area contributed by atoms with E-state index in [0.29, 0.717) is 10.9 Å². The van der Waals surface area contributed by atoms with Gasteiger partial charge in [0.05, 0.1) is 0 Å². The van der Waals surface area contributed by atoms with Crippen molar-refractivity contribution in [2.24, 2.45) is 5.73 Å². The highest BCUT2D eigenvalue weighted by Gasteiger charge is 2.16. The summed E-state index contributed by atoms with van der Waals surface area (Å²) >= 11 is 3.18. The van der Waals surface area contributed by atoms with Crippen molar-refractivity contribution < 1.29 is 13.9 Å². The summed E-state index contributed by atoms with van der Waals surface area (Å²) in [6.07, 6.45) is -0.393. The monoisotopic (exact) mass is 275 g/mol. The molecule has 5 heteroatoms. The molecular weight excluding hydrogens is 265 g/mol. The number of halogens is 2. The van der Waals surface area contributed by atoms with E-state index in [1.807, 2.05) is 0 Å². The molecule has 1 aromatic rings. The van der Waals surface area contributed by atoms with Gasteiger partial charge in [-0.1, -0.05) is 22.9 Å². The highest BCUT2D eigenvalue weighted by Crippen LogP contribution is 2.23. The summed E-state index contributed by atoms with van der Waals surface area (Å²) in [5.74, 6) is -1.09. The van der Waals surface area contributed by atoms with Gasteiger partial charge in [0, 0.05) is 4.47 Å².